The number of hydrogen-bond acceptors (Lipinski definition) is 8. The third-order valence-electron chi connectivity index (χ3n) is 6.93. The van der Waals surface area contributed by atoms with Gasteiger partial charge in [-0.2, -0.15) is 0 Å². The Kier molecular flexibility index (Phi) is 8.04. The van der Waals surface area contributed by atoms with Crippen molar-refractivity contribution in [3.8, 4) is 17.0 Å². The molecule has 5 rings (SSSR count). The smallest absolute Gasteiger partial charge is 0.342 e. The summed E-state index contributed by atoms with van der Waals surface area (Å²) in [6, 6.07) is 13.1. The van der Waals surface area contributed by atoms with Gasteiger partial charge in [0.1, 0.15) is 23.8 Å². The van der Waals surface area contributed by atoms with Gasteiger partial charge >= 0.3 is 5.97 Å². The molecule has 3 heterocycles. The van der Waals surface area contributed by atoms with Crippen molar-refractivity contribution in [2.24, 2.45) is 0 Å². The Balaban J connectivity index is 1.37. The summed E-state index contributed by atoms with van der Waals surface area (Å²) >= 11 is 0. The summed E-state index contributed by atoms with van der Waals surface area (Å²) in [7, 11) is 1.24. The van der Waals surface area contributed by atoms with Gasteiger partial charge in [-0.05, 0) is 41.3 Å². The number of carboxylic acid groups (broad SMARTS) is 1. The summed E-state index contributed by atoms with van der Waals surface area (Å²) < 4.78 is 45.6. The first-order chi connectivity index (χ1) is 19.4. The Labute approximate surface area is 229 Å². The number of nitrogens with zero attached hydrogens (tertiary/aromatic N) is 2. The van der Waals surface area contributed by atoms with Gasteiger partial charge in [0, 0.05) is 30.9 Å². The van der Waals surface area contributed by atoms with Crippen molar-refractivity contribution in [3.63, 3.8) is 0 Å². The zero-order valence-corrected chi connectivity index (χ0v) is 21.7. The number of aromatic nitrogens is 1. The number of ether oxygens (including phenoxy) is 3. The number of benzene rings is 2. The molecule has 11 heteroatoms. The number of carbonyl (C=O) groups is 1. The average molecular weight is 551 g/mol. The molecule has 0 bridgehead atoms. The van der Waals surface area contributed by atoms with Crippen LogP contribution in [0.5, 0.6) is 5.75 Å². The fourth-order valence-corrected chi connectivity index (χ4v) is 4.74. The first-order valence-electron chi connectivity index (χ1n) is 12.7. The highest BCUT2D eigenvalue weighted by Gasteiger charge is 2.28. The lowest BCUT2D eigenvalue weighted by Gasteiger charge is -2.40. The summed E-state index contributed by atoms with van der Waals surface area (Å²) in [4.78, 5) is 18.2. The van der Waals surface area contributed by atoms with Crippen molar-refractivity contribution in [2.45, 2.75) is 25.6 Å². The summed E-state index contributed by atoms with van der Waals surface area (Å²) in [5.41, 5.74) is 3.19. The van der Waals surface area contributed by atoms with Crippen molar-refractivity contribution in [1.29, 1.82) is 5.41 Å². The van der Waals surface area contributed by atoms with Gasteiger partial charge < -0.3 is 30.0 Å². The van der Waals surface area contributed by atoms with Crippen LogP contribution in [0.15, 0.2) is 60.0 Å². The summed E-state index contributed by atoms with van der Waals surface area (Å²) in [6.45, 7) is 3.44. The van der Waals surface area contributed by atoms with Gasteiger partial charge in [0.25, 0.3) is 0 Å². The number of hydrogen-bond donors (Lipinski definition) is 3. The second kappa shape index (κ2) is 11.8. The molecule has 40 heavy (non-hydrogen) atoms. The predicted molar refractivity (Wildman–Crippen MR) is 143 cm³/mol. The number of nitrogens with one attached hydrogen (secondary N) is 2. The van der Waals surface area contributed by atoms with E-state index in [9.17, 15) is 18.7 Å². The van der Waals surface area contributed by atoms with E-state index in [1.54, 1.807) is 12.1 Å². The maximum Gasteiger partial charge on any atom is 0.342 e. The van der Waals surface area contributed by atoms with E-state index in [2.05, 4.69) is 27.3 Å². The van der Waals surface area contributed by atoms with Gasteiger partial charge in [-0.15, -0.1) is 0 Å². The van der Waals surface area contributed by atoms with Crippen LogP contribution in [-0.4, -0.2) is 60.1 Å². The minimum Gasteiger partial charge on any atom is -0.485 e. The van der Waals surface area contributed by atoms with E-state index in [-0.39, 0.29) is 35.3 Å². The van der Waals surface area contributed by atoms with Crippen LogP contribution in [-0.2, 0) is 33.8 Å². The molecule has 0 amide bonds. The monoisotopic (exact) mass is 550 g/mol. The number of anilines is 1. The molecule has 2 aliphatic heterocycles. The van der Waals surface area contributed by atoms with E-state index >= 15 is 0 Å². The fourth-order valence-electron chi connectivity index (χ4n) is 4.74. The van der Waals surface area contributed by atoms with Gasteiger partial charge in [-0.3, -0.25) is 4.90 Å². The van der Waals surface area contributed by atoms with E-state index in [1.165, 1.54) is 24.3 Å². The van der Waals surface area contributed by atoms with Crippen molar-refractivity contribution in [2.75, 3.05) is 32.2 Å². The Morgan fingerprint density at radius 2 is 2.05 bits per heavy atom. The quantitative estimate of drug-likeness (QED) is 0.194. The lowest BCUT2D eigenvalue weighted by molar-refractivity contribution is -0.132. The topological polar surface area (TPSA) is 117 Å². The van der Waals surface area contributed by atoms with Gasteiger partial charge in [0.2, 0.25) is 5.88 Å². The van der Waals surface area contributed by atoms with Gasteiger partial charge in [-0.25, -0.2) is 18.6 Å². The molecule has 0 radical (unpaired) electrons. The van der Waals surface area contributed by atoms with Crippen LogP contribution >= 0.6 is 0 Å². The Hall–Kier alpha value is -4.35. The molecule has 0 atom stereocenters. The fraction of sp³-hybridized carbons (Fsp3) is 0.276. The summed E-state index contributed by atoms with van der Waals surface area (Å²) in [5, 5.41) is 19.3. The maximum atomic E-state index is 15.0. The number of fused-ring (bicyclic) bond motifs is 1. The molecule has 3 N–H and O–H groups in total. The predicted octanol–water partition coefficient (Wildman–Crippen LogP) is 4.37. The third-order valence-corrected chi connectivity index (χ3v) is 6.93. The molecule has 208 valence electrons. The van der Waals surface area contributed by atoms with E-state index in [0.717, 1.165) is 50.4 Å². The number of carboxylic acids is 1. The summed E-state index contributed by atoms with van der Waals surface area (Å²) in [6.07, 6.45) is 1.53. The second-order valence-corrected chi connectivity index (χ2v) is 9.50. The zero-order valence-electron chi connectivity index (χ0n) is 21.7. The standard InChI is InChI=1S/C29H28F2N4O5/c1-38-28(23(12-32)29(36)37)34-26-4-2-3-25(33-26)22-10-20(30)11-24(31)27(22)40-14-17-5-6-19-13-35(21-15-39-16-21)8-7-18(19)9-17/h2-6,9-12,21,32H,7-8,13-16H2,1H3,(H,33,34)(H,36,37)/b28-23-,32-12?. The molecule has 0 spiro atoms. The highest BCUT2D eigenvalue weighted by Crippen LogP contribution is 2.34. The van der Waals surface area contributed by atoms with Crippen LogP contribution in [0.4, 0.5) is 14.6 Å². The molecule has 2 aliphatic rings. The molecular weight excluding hydrogens is 522 g/mol. The highest BCUT2D eigenvalue weighted by molar-refractivity contribution is 6.08. The average Bonchev–Trinajstić information content (AvgIpc) is 2.91. The van der Waals surface area contributed by atoms with Crippen molar-refractivity contribution < 1.29 is 32.9 Å². The van der Waals surface area contributed by atoms with Crippen LogP contribution in [0.2, 0.25) is 0 Å². The molecule has 3 aromatic rings. The Bertz CT molecular complexity index is 1470. The first-order valence-corrected chi connectivity index (χ1v) is 12.7. The van der Waals surface area contributed by atoms with Gasteiger partial charge in [0.15, 0.2) is 11.6 Å². The lowest BCUT2D eigenvalue weighted by atomic mass is 9.96. The first kappa shape index (κ1) is 27.2. The van der Waals surface area contributed by atoms with Crippen molar-refractivity contribution >= 4 is 18.0 Å². The molecule has 1 aromatic heterocycles. The number of halogens is 2. The van der Waals surface area contributed by atoms with Gasteiger partial charge in [0.05, 0.1) is 32.1 Å². The largest absolute Gasteiger partial charge is 0.485 e. The minimum atomic E-state index is -1.37. The highest BCUT2D eigenvalue weighted by atomic mass is 19.1. The maximum absolute atomic E-state index is 15.0. The Morgan fingerprint density at radius 1 is 1.23 bits per heavy atom. The Morgan fingerprint density at radius 3 is 2.75 bits per heavy atom. The molecule has 0 unspecified atom stereocenters. The molecule has 2 aromatic carbocycles. The normalized spacial score (nSPS) is 15.9. The van der Waals surface area contributed by atoms with E-state index in [4.69, 9.17) is 19.6 Å². The third kappa shape index (κ3) is 5.80. The molecule has 1 saturated heterocycles. The molecule has 0 saturated carbocycles. The molecular formula is C29H28F2N4O5. The van der Waals surface area contributed by atoms with Crippen LogP contribution in [0.1, 0.15) is 16.7 Å². The van der Waals surface area contributed by atoms with Gasteiger partial charge in [-0.1, -0.05) is 24.3 Å². The number of pyridine rings is 1. The number of aliphatic carboxylic acids is 1. The van der Waals surface area contributed by atoms with Crippen LogP contribution in [0.25, 0.3) is 11.3 Å². The summed E-state index contributed by atoms with van der Waals surface area (Å²) in [5.74, 6) is -3.28. The molecule has 9 nitrogen and oxygen atoms in total. The van der Waals surface area contributed by atoms with E-state index in [0.29, 0.717) is 12.3 Å². The SMILES string of the molecule is CO/C(Nc1cccc(-c2cc(F)cc(F)c2OCc2ccc3c(c2)CCN(C2COC2)C3)n1)=C(/C=N)C(=O)O. The van der Waals surface area contributed by atoms with Crippen LogP contribution in [0, 0.1) is 17.0 Å². The second-order valence-electron chi connectivity index (χ2n) is 9.50. The zero-order chi connectivity index (χ0) is 28.2. The number of rotatable bonds is 10. The van der Waals surface area contributed by atoms with E-state index in [1.807, 2.05) is 6.07 Å². The molecule has 1 fully saturated rings. The minimum absolute atomic E-state index is 0.0683. The number of methoxy groups -OCH3 is 1. The van der Waals surface area contributed by atoms with E-state index < -0.39 is 23.2 Å². The van der Waals surface area contributed by atoms with Crippen LogP contribution < -0.4 is 10.1 Å². The van der Waals surface area contributed by atoms with Crippen LogP contribution in [0.3, 0.4) is 0 Å². The van der Waals surface area contributed by atoms with Crippen molar-refractivity contribution in [3.05, 3.63) is 88.3 Å². The lowest BCUT2D eigenvalue weighted by Crippen LogP contribution is -2.50. The molecule has 0 aliphatic carbocycles. The van der Waals surface area contributed by atoms with Crippen molar-refractivity contribution in [1.82, 2.24) is 9.88 Å².